The molecule has 156 valence electrons. The number of piperidine rings is 1. The summed E-state index contributed by atoms with van der Waals surface area (Å²) in [6.07, 6.45) is 4.50. The molecule has 1 fully saturated rings. The molecule has 0 bridgehead atoms. The van der Waals surface area contributed by atoms with Crippen LogP contribution in [0.15, 0.2) is 60.7 Å². The second kappa shape index (κ2) is 8.32. The number of hydroxylamine groups is 1. The van der Waals surface area contributed by atoms with Gasteiger partial charge in [-0.3, -0.25) is 15.1 Å². The lowest BCUT2D eigenvalue weighted by Crippen LogP contribution is -2.39. The number of nitrogens with zero attached hydrogens (tertiary/aromatic N) is 1. The lowest BCUT2D eigenvalue weighted by molar-refractivity contribution is -0.159. The summed E-state index contributed by atoms with van der Waals surface area (Å²) in [5.74, 6) is -0.541. The van der Waals surface area contributed by atoms with E-state index in [4.69, 9.17) is 4.84 Å². The molecule has 0 radical (unpaired) electrons. The monoisotopic (exact) mass is 406 g/mol. The van der Waals surface area contributed by atoms with Gasteiger partial charge in [0, 0.05) is 24.2 Å². The van der Waals surface area contributed by atoms with Crippen LogP contribution in [0.3, 0.4) is 0 Å². The van der Waals surface area contributed by atoms with Crippen LogP contribution < -0.4 is 5.48 Å². The normalized spacial score (nSPS) is 21.8. The van der Waals surface area contributed by atoms with Crippen molar-refractivity contribution in [3.05, 3.63) is 77.4 Å². The van der Waals surface area contributed by atoms with E-state index in [9.17, 15) is 14.7 Å². The van der Waals surface area contributed by atoms with Gasteiger partial charge in [-0.05, 0) is 49.8 Å². The minimum Gasteiger partial charge on any atom is -0.479 e. The molecule has 2 aliphatic rings. The molecule has 1 unspecified atom stereocenters. The number of carbonyl (C=O) groups is 2. The van der Waals surface area contributed by atoms with E-state index in [2.05, 4.69) is 29.7 Å². The van der Waals surface area contributed by atoms with Gasteiger partial charge < -0.3 is 10.0 Å². The molecule has 2 aromatic carbocycles. The summed E-state index contributed by atoms with van der Waals surface area (Å²) in [4.78, 5) is 31.8. The Hall–Kier alpha value is -3.12. The van der Waals surface area contributed by atoms with Gasteiger partial charge in [0.1, 0.15) is 0 Å². The predicted octanol–water partition coefficient (Wildman–Crippen LogP) is 3.50. The van der Waals surface area contributed by atoms with Gasteiger partial charge in [-0.1, -0.05) is 48.5 Å². The molecular weight excluding hydrogens is 380 g/mol. The number of carboxylic acids is 1. The molecule has 0 spiro atoms. The molecule has 1 saturated heterocycles. The first-order chi connectivity index (χ1) is 14.5. The lowest BCUT2D eigenvalue weighted by atomic mass is 9.89. The second-order valence-corrected chi connectivity index (χ2v) is 8.15. The number of hydrogen-bond donors (Lipinski definition) is 2. The van der Waals surface area contributed by atoms with Crippen LogP contribution in [-0.2, 0) is 16.1 Å². The van der Waals surface area contributed by atoms with Gasteiger partial charge in [-0.15, -0.1) is 0 Å². The molecule has 1 amide bonds. The van der Waals surface area contributed by atoms with E-state index in [0.29, 0.717) is 22.7 Å². The highest BCUT2D eigenvalue weighted by Gasteiger charge is 2.39. The van der Waals surface area contributed by atoms with E-state index in [1.165, 1.54) is 18.6 Å². The first-order valence-electron chi connectivity index (χ1n) is 10.3. The quantitative estimate of drug-likeness (QED) is 0.795. The highest BCUT2D eigenvalue weighted by atomic mass is 16.7. The van der Waals surface area contributed by atoms with E-state index in [1.54, 1.807) is 6.07 Å². The Labute approximate surface area is 176 Å². The average Bonchev–Trinajstić information content (AvgIpc) is 3.18. The van der Waals surface area contributed by atoms with Crippen molar-refractivity contribution in [3.8, 4) is 0 Å². The Bertz CT molecular complexity index is 964. The summed E-state index contributed by atoms with van der Waals surface area (Å²) in [5.41, 5.74) is 4.28. The van der Waals surface area contributed by atoms with Crippen molar-refractivity contribution in [2.75, 3.05) is 13.1 Å². The molecule has 6 nitrogen and oxygen atoms in total. The molecule has 2 N–H and O–H groups in total. The van der Waals surface area contributed by atoms with Crippen LogP contribution in [0.5, 0.6) is 0 Å². The Morgan fingerprint density at radius 1 is 1.10 bits per heavy atom. The highest BCUT2D eigenvalue weighted by Crippen LogP contribution is 2.29. The first-order valence-corrected chi connectivity index (χ1v) is 10.3. The van der Waals surface area contributed by atoms with Crippen molar-refractivity contribution >= 4 is 17.6 Å². The number of carboxylic acid groups (broad SMARTS) is 1. The van der Waals surface area contributed by atoms with Crippen molar-refractivity contribution in [1.29, 1.82) is 0 Å². The molecule has 0 aliphatic carbocycles. The third kappa shape index (κ3) is 4.09. The fraction of sp³-hybridized carbons (Fsp3) is 0.333. The summed E-state index contributed by atoms with van der Waals surface area (Å²) in [6, 6.07) is 17.7. The van der Waals surface area contributed by atoms with E-state index in [1.807, 2.05) is 29.2 Å². The summed E-state index contributed by atoms with van der Waals surface area (Å²) in [7, 11) is 0. The Morgan fingerprint density at radius 2 is 1.77 bits per heavy atom. The SMILES string of the molecule is CC1(C(=O)O)C=C(c2ccccc2C(=O)N2CCC(Cc3ccccc3)CC2)NO1. The van der Waals surface area contributed by atoms with E-state index in [0.717, 1.165) is 32.4 Å². The number of carbonyl (C=O) groups excluding carboxylic acids is 1. The third-order valence-electron chi connectivity index (χ3n) is 5.93. The van der Waals surface area contributed by atoms with Crippen molar-refractivity contribution in [1.82, 2.24) is 10.4 Å². The molecule has 6 heteroatoms. The van der Waals surface area contributed by atoms with Crippen molar-refractivity contribution in [3.63, 3.8) is 0 Å². The largest absolute Gasteiger partial charge is 0.479 e. The van der Waals surface area contributed by atoms with Gasteiger partial charge in [0.15, 0.2) is 0 Å². The Balaban J connectivity index is 1.46. The minimum absolute atomic E-state index is 0.0320. The Morgan fingerprint density at radius 3 is 2.43 bits per heavy atom. The number of rotatable bonds is 5. The molecule has 30 heavy (non-hydrogen) atoms. The average molecular weight is 406 g/mol. The van der Waals surface area contributed by atoms with E-state index >= 15 is 0 Å². The lowest BCUT2D eigenvalue weighted by Gasteiger charge is -2.32. The maximum absolute atomic E-state index is 13.3. The van der Waals surface area contributed by atoms with Crippen LogP contribution in [0.2, 0.25) is 0 Å². The number of likely N-dealkylation sites (tertiary alicyclic amines) is 1. The standard InChI is InChI=1S/C24H26N2O4/c1-24(23(28)29)16-21(25-30-24)19-9-5-6-10-20(19)22(27)26-13-11-18(12-14-26)15-17-7-3-2-4-8-17/h2-10,16,18,25H,11-15H2,1H3,(H,28,29). The summed E-state index contributed by atoms with van der Waals surface area (Å²) in [6.45, 7) is 2.91. The maximum Gasteiger partial charge on any atom is 0.342 e. The van der Waals surface area contributed by atoms with Crippen LogP contribution in [0.25, 0.3) is 5.70 Å². The molecule has 2 aliphatic heterocycles. The van der Waals surface area contributed by atoms with Gasteiger partial charge in [-0.25, -0.2) is 4.79 Å². The minimum atomic E-state index is -1.46. The van der Waals surface area contributed by atoms with Crippen molar-refractivity contribution in [2.24, 2.45) is 5.92 Å². The maximum atomic E-state index is 13.3. The number of aliphatic carboxylic acids is 1. The third-order valence-corrected chi connectivity index (χ3v) is 5.93. The fourth-order valence-electron chi connectivity index (χ4n) is 4.10. The van der Waals surface area contributed by atoms with Gasteiger partial charge in [0.2, 0.25) is 5.60 Å². The zero-order valence-electron chi connectivity index (χ0n) is 17.0. The molecule has 2 aromatic rings. The summed E-state index contributed by atoms with van der Waals surface area (Å²) >= 11 is 0. The predicted molar refractivity (Wildman–Crippen MR) is 113 cm³/mol. The molecule has 1 atom stereocenters. The smallest absolute Gasteiger partial charge is 0.342 e. The molecule has 2 heterocycles. The van der Waals surface area contributed by atoms with Gasteiger partial charge in [0.25, 0.3) is 5.91 Å². The van der Waals surface area contributed by atoms with E-state index in [-0.39, 0.29) is 5.91 Å². The van der Waals surface area contributed by atoms with Gasteiger partial charge in [-0.2, -0.15) is 0 Å². The summed E-state index contributed by atoms with van der Waals surface area (Å²) < 4.78 is 0. The molecule has 4 rings (SSSR count). The van der Waals surface area contributed by atoms with Gasteiger partial charge in [0.05, 0.1) is 5.70 Å². The number of benzene rings is 2. The molecule has 0 saturated carbocycles. The summed E-state index contributed by atoms with van der Waals surface area (Å²) in [5, 5.41) is 9.37. The number of nitrogens with one attached hydrogen (secondary N) is 1. The van der Waals surface area contributed by atoms with Crippen molar-refractivity contribution < 1.29 is 19.5 Å². The second-order valence-electron chi connectivity index (χ2n) is 8.15. The fourth-order valence-corrected chi connectivity index (χ4v) is 4.10. The van der Waals surface area contributed by atoms with Crippen molar-refractivity contribution in [2.45, 2.75) is 31.8 Å². The van der Waals surface area contributed by atoms with Crippen LogP contribution >= 0.6 is 0 Å². The topological polar surface area (TPSA) is 78.9 Å². The zero-order chi connectivity index (χ0) is 21.1. The van der Waals surface area contributed by atoms with Crippen LogP contribution in [0.1, 0.15) is 41.3 Å². The molecule has 0 aromatic heterocycles. The van der Waals surface area contributed by atoms with Crippen LogP contribution in [0, 0.1) is 5.92 Å². The van der Waals surface area contributed by atoms with Crippen LogP contribution in [-0.4, -0.2) is 40.6 Å². The van der Waals surface area contributed by atoms with Crippen LogP contribution in [0.4, 0.5) is 0 Å². The number of hydrogen-bond acceptors (Lipinski definition) is 4. The highest BCUT2D eigenvalue weighted by molar-refractivity contribution is 5.99. The first kappa shape index (κ1) is 20.2. The van der Waals surface area contributed by atoms with E-state index < -0.39 is 11.6 Å². The molecular formula is C24H26N2O4. The number of amides is 1. The Kier molecular flexibility index (Phi) is 5.59. The van der Waals surface area contributed by atoms with Gasteiger partial charge >= 0.3 is 5.97 Å². The zero-order valence-corrected chi connectivity index (χ0v) is 17.0.